The molecule has 5 heterocycles. The molecule has 0 bridgehead atoms. The summed E-state index contributed by atoms with van der Waals surface area (Å²) in [6.07, 6.45) is 5.53. The maximum absolute atomic E-state index is 12.7. The number of hydrogen-bond acceptors (Lipinski definition) is 16. The lowest BCUT2D eigenvalue weighted by molar-refractivity contribution is -0.201. The van der Waals surface area contributed by atoms with Crippen LogP contribution >= 0.6 is 0 Å². The highest BCUT2D eigenvalue weighted by atomic mass is 16.8. The van der Waals surface area contributed by atoms with Gasteiger partial charge in [0, 0.05) is 32.5 Å². The number of carbonyl (C=O) groups is 5. The van der Waals surface area contributed by atoms with Crippen molar-refractivity contribution in [3.8, 4) is 6.01 Å². The second-order valence-corrected chi connectivity index (χ2v) is 16.2. The van der Waals surface area contributed by atoms with E-state index in [1.807, 2.05) is 10.4 Å². The molecule has 334 valence electrons. The molecule has 0 radical (unpaired) electrons. The van der Waals surface area contributed by atoms with Gasteiger partial charge in [0.15, 0.2) is 18.1 Å². The number of amides is 4. The van der Waals surface area contributed by atoms with Gasteiger partial charge < -0.3 is 29.9 Å². The summed E-state index contributed by atoms with van der Waals surface area (Å²) in [5.74, 6) is 4.47. The third-order valence-corrected chi connectivity index (χ3v) is 10.5. The van der Waals surface area contributed by atoms with E-state index in [-0.39, 0.29) is 42.9 Å². The van der Waals surface area contributed by atoms with E-state index in [4.69, 9.17) is 21.1 Å². The Morgan fingerprint density at radius 3 is 2.08 bits per heavy atom. The van der Waals surface area contributed by atoms with Gasteiger partial charge in [-0.15, -0.1) is 5.06 Å². The van der Waals surface area contributed by atoms with Gasteiger partial charge in [-0.1, -0.05) is 37.6 Å². The zero-order valence-corrected chi connectivity index (χ0v) is 35.3. The number of anilines is 1. The summed E-state index contributed by atoms with van der Waals surface area (Å²) < 4.78 is 12.1. The number of nitrogens with zero attached hydrogens (tertiary/aromatic N) is 6. The van der Waals surface area contributed by atoms with Crippen LogP contribution < -0.4 is 27.5 Å². The molecule has 6 rings (SSSR count). The predicted octanol–water partition coefficient (Wildman–Crippen LogP) is 2.32. The van der Waals surface area contributed by atoms with Crippen molar-refractivity contribution in [2.75, 3.05) is 51.7 Å². The number of likely N-dealkylation sites (tertiary alicyclic amines) is 2. The Hall–Kier alpha value is -5.64. The summed E-state index contributed by atoms with van der Waals surface area (Å²) >= 11 is 0. The highest BCUT2D eigenvalue weighted by Crippen LogP contribution is 2.33. The van der Waals surface area contributed by atoms with Crippen LogP contribution in [0.5, 0.6) is 6.01 Å². The maximum atomic E-state index is 12.7. The van der Waals surface area contributed by atoms with Crippen molar-refractivity contribution in [3.63, 3.8) is 0 Å². The molecule has 61 heavy (non-hydrogen) atoms. The Labute approximate surface area is 353 Å². The SMILES string of the molecule is CC(C)(C)OC(=O)NOCC(=O)ON1C(=O)CCC1=O.CCCCOc1nc(N)c2[nH]c(=O)n(Cc3ccc(CN4CCC(C5CCN(C(=O)CON)CC5)CC4)cc3)c2n1. The lowest BCUT2D eigenvalue weighted by Gasteiger charge is -2.40. The van der Waals surface area contributed by atoms with Gasteiger partial charge in [-0.2, -0.15) is 15.4 Å². The van der Waals surface area contributed by atoms with Crippen LogP contribution in [-0.2, 0) is 51.5 Å². The first-order valence-corrected chi connectivity index (χ1v) is 20.6. The lowest BCUT2D eigenvalue weighted by atomic mass is 9.78. The Kier molecular flexibility index (Phi) is 16.6. The summed E-state index contributed by atoms with van der Waals surface area (Å²) in [5, 5.41) is 0.388. The second-order valence-electron chi connectivity index (χ2n) is 16.2. The number of aromatic nitrogens is 4. The van der Waals surface area contributed by atoms with E-state index in [1.54, 1.807) is 25.3 Å². The molecule has 0 atom stereocenters. The third kappa shape index (κ3) is 13.7. The normalized spacial score (nSPS) is 16.7. The van der Waals surface area contributed by atoms with Gasteiger partial charge in [-0.05, 0) is 88.9 Å². The van der Waals surface area contributed by atoms with Crippen LogP contribution in [0.3, 0.4) is 0 Å². The number of piperidine rings is 2. The number of H-pyrrole nitrogens is 1. The Morgan fingerprint density at radius 2 is 1.49 bits per heavy atom. The zero-order valence-electron chi connectivity index (χ0n) is 35.3. The molecule has 0 aliphatic carbocycles. The molecule has 0 spiro atoms. The van der Waals surface area contributed by atoms with Crippen molar-refractivity contribution in [3.05, 3.63) is 45.9 Å². The number of imidazole rings is 1. The van der Waals surface area contributed by atoms with Gasteiger partial charge in [0.1, 0.15) is 17.7 Å². The number of imide groups is 1. The maximum Gasteiger partial charge on any atom is 0.431 e. The van der Waals surface area contributed by atoms with Gasteiger partial charge in [0.25, 0.3) is 17.7 Å². The molecule has 3 saturated heterocycles. The van der Waals surface area contributed by atoms with E-state index in [1.165, 1.54) is 18.4 Å². The van der Waals surface area contributed by atoms with E-state index < -0.39 is 36.1 Å². The Balaban J connectivity index is 0.000000297. The van der Waals surface area contributed by atoms with E-state index in [0.717, 1.165) is 69.9 Å². The molecule has 0 unspecified atom stereocenters. The summed E-state index contributed by atoms with van der Waals surface area (Å²) in [6.45, 7) is 11.9. The van der Waals surface area contributed by atoms with Crippen molar-refractivity contribution in [1.82, 2.24) is 39.9 Å². The van der Waals surface area contributed by atoms with Gasteiger partial charge in [0.2, 0.25) is 0 Å². The van der Waals surface area contributed by atoms with E-state index in [9.17, 15) is 28.8 Å². The van der Waals surface area contributed by atoms with Crippen LogP contribution in [-0.4, -0.2) is 116 Å². The minimum atomic E-state index is -0.996. The summed E-state index contributed by atoms with van der Waals surface area (Å²) in [5.41, 5.74) is 10.1. The monoisotopic (exact) mass is 854 g/mol. The average molecular weight is 855 g/mol. The fraction of sp³-hybridized carbons (Fsp3) is 0.600. The molecule has 3 aromatic rings. The van der Waals surface area contributed by atoms with Crippen LogP contribution in [0.4, 0.5) is 10.6 Å². The average Bonchev–Trinajstić information content (AvgIpc) is 3.71. The van der Waals surface area contributed by atoms with Crippen molar-refractivity contribution < 1.29 is 48.0 Å². The number of unbranched alkanes of at least 4 members (excludes halogenated alkanes) is 1. The van der Waals surface area contributed by atoms with E-state index in [2.05, 4.69) is 65.6 Å². The van der Waals surface area contributed by atoms with Crippen molar-refractivity contribution in [2.45, 2.75) is 97.8 Å². The second kappa shape index (κ2) is 21.7. The number of nitrogens with two attached hydrogens (primary N) is 2. The first-order chi connectivity index (χ1) is 29.1. The largest absolute Gasteiger partial charge is 0.463 e. The third-order valence-electron chi connectivity index (χ3n) is 10.5. The molecule has 0 saturated carbocycles. The van der Waals surface area contributed by atoms with Gasteiger partial charge >= 0.3 is 23.8 Å². The minimum Gasteiger partial charge on any atom is -0.463 e. The smallest absolute Gasteiger partial charge is 0.431 e. The highest BCUT2D eigenvalue weighted by Gasteiger charge is 2.33. The molecule has 1 aromatic carbocycles. The quantitative estimate of drug-likeness (QED) is 0.0971. The fourth-order valence-corrected chi connectivity index (χ4v) is 7.34. The first-order valence-electron chi connectivity index (χ1n) is 20.6. The van der Waals surface area contributed by atoms with Crippen LogP contribution in [0.2, 0.25) is 0 Å². The molecule has 21 heteroatoms. The number of hydrogen-bond donors (Lipinski definition) is 4. The van der Waals surface area contributed by atoms with E-state index >= 15 is 0 Å². The molecular formula is C40H58N10O11. The first kappa shape index (κ1) is 46.4. The fourth-order valence-electron chi connectivity index (χ4n) is 7.34. The predicted molar refractivity (Wildman–Crippen MR) is 218 cm³/mol. The topological polar surface area (TPSA) is 269 Å². The number of nitrogen functional groups attached to an aromatic ring is 1. The molecular weight excluding hydrogens is 796 g/mol. The number of rotatable bonds is 15. The number of nitrogens with one attached hydrogen (secondary N) is 2. The summed E-state index contributed by atoms with van der Waals surface area (Å²) in [7, 11) is 0. The molecule has 3 fully saturated rings. The molecule has 2 aromatic heterocycles. The van der Waals surface area contributed by atoms with Gasteiger partial charge in [-0.3, -0.25) is 33.5 Å². The number of carbonyl (C=O) groups excluding carboxylic acids is 5. The molecule has 6 N–H and O–H groups in total. The van der Waals surface area contributed by atoms with E-state index in [0.29, 0.717) is 35.3 Å². The molecule has 4 amide bonds. The van der Waals surface area contributed by atoms with Crippen LogP contribution in [0.15, 0.2) is 29.1 Å². The van der Waals surface area contributed by atoms with Crippen molar-refractivity contribution in [1.29, 1.82) is 0 Å². The molecule has 21 nitrogen and oxygen atoms in total. The van der Waals surface area contributed by atoms with Crippen molar-refractivity contribution in [2.24, 2.45) is 17.7 Å². The number of ether oxygens (including phenoxy) is 2. The van der Waals surface area contributed by atoms with Crippen LogP contribution in [0.1, 0.15) is 90.2 Å². The Morgan fingerprint density at radius 1 is 0.885 bits per heavy atom. The lowest BCUT2D eigenvalue weighted by Crippen LogP contribution is -2.44. The minimum absolute atomic E-state index is 0.00310. The standard InChI is InChI=1S/C29H42N8O4.C11H16N2O7/c1-2-3-16-40-28-33-26(30)25-27(34-28)37(29(39)32-25)18-21-6-4-20(5-7-21)17-35-12-8-22(9-13-35)23-10-14-36(15-11-23)24(38)19-41-31;1-11(2,3)19-10(17)12-18-6-9(16)20-13-7(14)4-5-8(13)15/h4-7,22-23H,2-3,8-19,31H2,1H3,(H,32,39)(H2,30,33,34);4-6H2,1-3H3,(H,12,17). The highest BCUT2D eigenvalue weighted by molar-refractivity contribution is 6.01. The Bertz CT molecular complexity index is 2020. The van der Waals surface area contributed by atoms with Crippen molar-refractivity contribution >= 4 is 46.8 Å². The number of benzene rings is 1. The van der Waals surface area contributed by atoms with Crippen LogP contribution in [0, 0.1) is 11.8 Å². The zero-order chi connectivity index (χ0) is 44.1. The summed E-state index contributed by atoms with van der Waals surface area (Å²) in [4.78, 5) is 98.8. The van der Waals surface area contributed by atoms with Crippen LogP contribution in [0.25, 0.3) is 11.2 Å². The number of aromatic amines is 1. The molecule has 3 aliphatic heterocycles. The number of hydroxylamine groups is 3. The summed E-state index contributed by atoms with van der Waals surface area (Å²) in [6, 6.07) is 8.61. The van der Waals surface area contributed by atoms with Gasteiger partial charge in [0.05, 0.1) is 13.2 Å². The number of fused-ring (bicyclic) bond motifs is 1. The van der Waals surface area contributed by atoms with Gasteiger partial charge in [-0.25, -0.2) is 20.3 Å². The molecule has 3 aliphatic rings.